The van der Waals surface area contributed by atoms with Gasteiger partial charge in [0.1, 0.15) is 0 Å². The molecule has 0 radical (unpaired) electrons. The summed E-state index contributed by atoms with van der Waals surface area (Å²) in [6.45, 7) is 0. The Morgan fingerprint density at radius 1 is 1.29 bits per heavy atom. The first-order valence-electron chi connectivity index (χ1n) is 4.79. The van der Waals surface area contributed by atoms with Gasteiger partial charge in [-0.25, -0.2) is 0 Å². The van der Waals surface area contributed by atoms with Crippen LogP contribution in [0.15, 0.2) is 30.5 Å². The molecule has 3 heteroatoms. The van der Waals surface area contributed by atoms with E-state index in [2.05, 4.69) is 28.3 Å². The highest BCUT2D eigenvalue weighted by atomic mass is 79.9. The number of nitrogens with zero attached hydrogens (tertiary/aromatic N) is 1. The van der Waals surface area contributed by atoms with Crippen LogP contribution in [0, 0.1) is 5.92 Å². The molecule has 3 rings (SSSR count). The van der Waals surface area contributed by atoms with Crippen LogP contribution in [0.3, 0.4) is 0 Å². The summed E-state index contributed by atoms with van der Waals surface area (Å²) in [5.41, 5.74) is 2.63. The molecule has 1 aliphatic carbocycles. The molecule has 0 unspecified atom stereocenters. The molecule has 0 saturated heterocycles. The van der Waals surface area contributed by atoms with Crippen LogP contribution >= 0.6 is 16.1 Å². The van der Waals surface area contributed by atoms with E-state index in [9.17, 15) is 0 Å². The van der Waals surface area contributed by atoms with Crippen LogP contribution in [0.4, 0.5) is 0 Å². The van der Waals surface area contributed by atoms with Crippen molar-refractivity contribution in [3.63, 3.8) is 0 Å². The topological polar surface area (TPSA) is 12.5 Å². The molecule has 0 amide bonds. The van der Waals surface area contributed by atoms with Gasteiger partial charge in [0, 0.05) is 5.56 Å². The summed E-state index contributed by atoms with van der Waals surface area (Å²) in [6, 6.07) is 8.18. The number of halogens is 1. The molecular formula is C11H10BrNO. The minimum Gasteiger partial charge on any atom is -0.369 e. The van der Waals surface area contributed by atoms with Crippen LogP contribution in [0.1, 0.15) is 18.4 Å². The van der Waals surface area contributed by atoms with Crippen molar-refractivity contribution >= 4 is 21.7 Å². The molecule has 0 spiro atoms. The maximum absolute atomic E-state index is 5.51. The van der Waals surface area contributed by atoms with E-state index in [4.69, 9.17) is 4.84 Å². The smallest absolute Gasteiger partial charge is 0.164 e. The van der Waals surface area contributed by atoms with Gasteiger partial charge in [-0.15, -0.1) is 4.09 Å². The van der Waals surface area contributed by atoms with E-state index in [1.54, 1.807) is 4.09 Å². The minimum atomic E-state index is 0.736. The fourth-order valence-corrected chi connectivity index (χ4v) is 2.18. The third kappa shape index (κ3) is 1.32. The zero-order valence-electron chi connectivity index (χ0n) is 7.61. The lowest BCUT2D eigenvalue weighted by atomic mass is 10.0. The van der Waals surface area contributed by atoms with Crippen molar-refractivity contribution in [1.82, 2.24) is 4.09 Å². The summed E-state index contributed by atoms with van der Waals surface area (Å²) in [4.78, 5) is 5.51. The molecule has 1 saturated carbocycles. The monoisotopic (exact) mass is 251 g/mol. The average Bonchev–Trinajstić information content (AvgIpc) is 2.99. The van der Waals surface area contributed by atoms with Crippen molar-refractivity contribution in [1.29, 1.82) is 0 Å². The van der Waals surface area contributed by atoms with Crippen LogP contribution in [0.5, 0.6) is 5.75 Å². The summed E-state index contributed by atoms with van der Waals surface area (Å²) in [5.74, 6) is 1.67. The Balaban J connectivity index is 2.09. The third-order valence-electron chi connectivity index (χ3n) is 2.64. The van der Waals surface area contributed by atoms with Gasteiger partial charge in [0.05, 0.1) is 22.3 Å². The van der Waals surface area contributed by atoms with Gasteiger partial charge in [-0.3, -0.25) is 0 Å². The number of benzene rings is 1. The van der Waals surface area contributed by atoms with Crippen LogP contribution in [0.25, 0.3) is 5.57 Å². The van der Waals surface area contributed by atoms with Crippen LogP contribution in [-0.4, -0.2) is 4.09 Å². The molecule has 1 aliphatic heterocycles. The zero-order chi connectivity index (χ0) is 9.54. The number of hydrogen-bond acceptors (Lipinski definition) is 2. The Morgan fingerprint density at radius 3 is 2.86 bits per heavy atom. The molecule has 0 atom stereocenters. The van der Waals surface area contributed by atoms with Crippen molar-refractivity contribution in [2.45, 2.75) is 12.8 Å². The van der Waals surface area contributed by atoms with Gasteiger partial charge in [-0.05, 0) is 30.4 Å². The maximum atomic E-state index is 5.51. The molecule has 0 aromatic heterocycles. The van der Waals surface area contributed by atoms with Gasteiger partial charge in [0.15, 0.2) is 5.75 Å². The van der Waals surface area contributed by atoms with Crippen LogP contribution in [-0.2, 0) is 0 Å². The molecule has 72 valence electrons. The number of rotatable bonds is 1. The normalized spacial score (nSPS) is 19.8. The van der Waals surface area contributed by atoms with Gasteiger partial charge in [-0.1, -0.05) is 18.2 Å². The Bertz CT molecular complexity index is 398. The summed E-state index contributed by atoms with van der Waals surface area (Å²) >= 11 is 3.33. The van der Waals surface area contributed by atoms with Crippen molar-refractivity contribution in [3.8, 4) is 5.75 Å². The Kier molecular flexibility index (Phi) is 1.80. The number of hydroxylamine groups is 1. The highest BCUT2D eigenvalue weighted by Crippen LogP contribution is 2.46. The third-order valence-corrected chi connectivity index (χ3v) is 2.99. The van der Waals surface area contributed by atoms with Gasteiger partial charge in [0.25, 0.3) is 0 Å². The second kappa shape index (κ2) is 3.02. The molecule has 1 aromatic carbocycles. The van der Waals surface area contributed by atoms with E-state index in [1.807, 2.05) is 18.3 Å². The first kappa shape index (κ1) is 8.36. The predicted octanol–water partition coefficient (Wildman–Crippen LogP) is 3.36. The lowest BCUT2D eigenvalue weighted by molar-refractivity contribution is 0.108. The highest BCUT2D eigenvalue weighted by molar-refractivity contribution is 9.07. The summed E-state index contributed by atoms with van der Waals surface area (Å²) < 4.78 is 1.61. The second-order valence-electron chi connectivity index (χ2n) is 3.72. The lowest BCUT2D eigenvalue weighted by Crippen LogP contribution is -2.15. The fourth-order valence-electron chi connectivity index (χ4n) is 1.80. The summed E-state index contributed by atoms with van der Waals surface area (Å²) in [6.07, 6.45) is 4.64. The van der Waals surface area contributed by atoms with E-state index in [1.165, 1.54) is 24.0 Å². The van der Waals surface area contributed by atoms with Gasteiger partial charge in [0.2, 0.25) is 0 Å². The average molecular weight is 252 g/mol. The molecule has 0 N–H and O–H groups in total. The molecule has 2 aliphatic rings. The standard InChI is InChI=1S/C11H10BrNO/c12-13-7-10(8-5-6-8)9-3-1-2-4-11(9)14-13/h1-4,7-8H,5-6H2. The molecular weight excluding hydrogens is 242 g/mol. The second-order valence-corrected chi connectivity index (χ2v) is 4.42. The number of allylic oxidation sites excluding steroid dienone is 1. The van der Waals surface area contributed by atoms with Gasteiger partial charge < -0.3 is 4.84 Å². The molecule has 1 fully saturated rings. The van der Waals surface area contributed by atoms with E-state index in [0.717, 1.165) is 11.7 Å². The predicted molar refractivity (Wildman–Crippen MR) is 58.5 cm³/mol. The molecule has 14 heavy (non-hydrogen) atoms. The number of para-hydroxylation sites is 1. The van der Waals surface area contributed by atoms with Crippen molar-refractivity contribution in [2.75, 3.05) is 0 Å². The fraction of sp³-hybridized carbons (Fsp3) is 0.273. The molecule has 1 heterocycles. The van der Waals surface area contributed by atoms with Crippen LogP contribution in [0.2, 0.25) is 0 Å². The Labute approximate surface area is 91.5 Å². The van der Waals surface area contributed by atoms with E-state index >= 15 is 0 Å². The van der Waals surface area contributed by atoms with Gasteiger partial charge in [-0.2, -0.15) is 0 Å². The Morgan fingerprint density at radius 2 is 2.07 bits per heavy atom. The highest BCUT2D eigenvalue weighted by Gasteiger charge is 2.31. The molecule has 1 aromatic rings. The maximum Gasteiger partial charge on any atom is 0.164 e. The van der Waals surface area contributed by atoms with E-state index in [0.29, 0.717) is 0 Å². The minimum absolute atomic E-state index is 0.736. The molecule has 0 bridgehead atoms. The first-order valence-corrected chi connectivity index (χ1v) is 5.49. The summed E-state index contributed by atoms with van der Waals surface area (Å²) in [5, 5.41) is 0. The van der Waals surface area contributed by atoms with Crippen molar-refractivity contribution < 1.29 is 4.84 Å². The number of hydrogen-bond donors (Lipinski definition) is 0. The molecule has 2 nitrogen and oxygen atoms in total. The summed E-state index contributed by atoms with van der Waals surface area (Å²) in [7, 11) is 0. The quantitative estimate of drug-likeness (QED) is 0.710. The van der Waals surface area contributed by atoms with Crippen molar-refractivity contribution in [3.05, 3.63) is 36.0 Å². The first-order chi connectivity index (χ1) is 6.84. The van der Waals surface area contributed by atoms with E-state index in [-0.39, 0.29) is 0 Å². The largest absolute Gasteiger partial charge is 0.369 e. The van der Waals surface area contributed by atoms with E-state index < -0.39 is 0 Å². The number of fused-ring (bicyclic) bond motifs is 1. The zero-order valence-corrected chi connectivity index (χ0v) is 9.20. The van der Waals surface area contributed by atoms with Gasteiger partial charge >= 0.3 is 0 Å². The van der Waals surface area contributed by atoms with Crippen molar-refractivity contribution in [2.24, 2.45) is 5.92 Å². The van der Waals surface area contributed by atoms with Crippen LogP contribution < -0.4 is 4.84 Å². The lowest BCUT2D eigenvalue weighted by Gasteiger charge is -2.23. The Hall–Kier alpha value is -0.960. The SMILES string of the molecule is BrN1C=C(C2CC2)c2ccccc2O1.